The maximum absolute atomic E-state index is 10.2. The smallest absolute Gasteiger partial charge is 0.235 e. The summed E-state index contributed by atoms with van der Waals surface area (Å²) in [6.07, 6.45) is 2.47. The highest BCUT2D eigenvalue weighted by molar-refractivity contribution is 7.09. The summed E-state index contributed by atoms with van der Waals surface area (Å²) in [7, 11) is 0. The van der Waals surface area contributed by atoms with E-state index in [2.05, 4.69) is 9.98 Å². The molecule has 0 fully saturated rings. The molecule has 16 heavy (non-hydrogen) atoms. The van der Waals surface area contributed by atoms with Gasteiger partial charge in [0.1, 0.15) is 11.0 Å². The van der Waals surface area contributed by atoms with Crippen molar-refractivity contribution in [3.63, 3.8) is 0 Å². The Hall–Kier alpha value is -0.120. The zero-order valence-corrected chi connectivity index (χ0v) is 11.5. The molecule has 88 valence electrons. The molecule has 7 heteroatoms. The third-order valence-corrected chi connectivity index (χ3v) is 3.23. The van der Waals surface area contributed by atoms with Crippen LogP contribution in [0.3, 0.4) is 0 Å². The first kappa shape index (κ1) is 13.9. The van der Waals surface area contributed by atoms with E-state index in [0.717, 1.165) is 5.01 Å². The molecule has 1 rings (SSSR count). The van der Waals surface area contributed by atoms with Crippen molar-refractivity contribution >= 4 is 52.2 Å². The van der Waals surface area contributed by atoms with Gasteiger partial charge < -0.3 is 0 Å². The van der Waals surface area contributed by atoms with Crippen molar-refractivity contribution in [3.05, 3.63) is 16.1 Å². The summed E-state index contributed by atoms with van der Waals surface area (Å²) in [6, 6.07) is -0.244. The van der Waals surface area contributed by atoms with Crippen LogP contribution in [0.5, 0.6) is 0 Å². The Bertz CT molecular complexity index is 396. The number of thiazole rings is 1. The van der Waals surface area contributed by atoms with Crippen molar-refractivity contribution in [2.24, 2.45) is 4.99 Å². The lowest BCUT2D eigenvalue weighted by Gasteiger charge is -2.07. The topological polar surface area (TPSA) is 42.3 Å². The van der Waals surface area contributed by atoms with E-state index in [1.165, 1.54) is 17.4 Å². The first-order valence-corrected chi connectivity index (χ1v) is 6.55. The molecule has 1 aromatic heterocycles. The zero-order valence-electron chi connectivity index (χ0n) is 8.41. The third kappa shape index (κ3) is 4.40. The second-order valence-electron chi connectivity index (χ2n) is 3.11. The second kappa shape index (κ2) is 5.99. The van der Waals surface area contributed by atoms with Crippen LogP contribution >= 0.6 is 46.1 Å². The number of alkyl halides is 3. The number of halogens is 3. The molecule has 0 N–H and O–H groups in total. The van der Waals surface area contributed by atoms with Crippen LogP contribution in [-0.4, -0.2) is 14.9 Å². The summed E-state index contributed by atoms with van der Waals surface area (Å²) in [6.45, 7) is 1.92. The Labute approximate surface area is 112 Å². The van der Waals surface area contributed by atoms with Gasteiger partial charge in [-0.25, -0.2) is 9.78 Å². The van der Waals surface area contributed by atoms with Gasteiger partial charge in [-0.15, -0.1) is 11.3 Å². The van der Waals surface area contributed by atoms with Crippen LogP contribution in [0.15, 0.2) is 10.4 Å². The van der Waals surface area contributed by atoms with Crippen LogP contribution in [0, 0.1) is 0 Å². The molecule has 0 bridgehead atoms. The summed E-state index contributed by atoms with van der Waals surface area (Å²) in [5.41, 5.74) is 0.694. The summed E-state index contributed by atoms with van der Waals surface area (Å²) >= 11 is 18.4. The van der Waals surface area contributed by atoms with Crippen molar-refractivity contribution in [1.29, 1.82) is 0 Å². The number of aliphatic imine (C=N–C) groups is 1. The number of carbonyl (C=O) groups excluding carboxylic acids is 1. The minimum Gasteiger partial charge on any atom is -0.244 e. The zero-order chi connectivity index (χ0) is 12.2. The third-order valence-electron chi connectivity index (χ3n) is 1.83. The summed E-state index contributed by atoms with van der Waals surface area (Å²) in [5, 5.41) is 2.55. The molecule has 3 nitrogen and oxygen atoms in total. The van der Waals surface area contributed by atoms with E-state index < -0.39 is 3.79 Å². The van der Waals surface area contributed by atoms with Gasteiger partial charge in [0, 0.05) is 11.8 Å². The molecule has 0 radical (unpaired) electrons. The van der Waals surface area contributed by atoms with Gasteiger partial charge in [0.25, 0.3) is 0 Å². The molecule has 0 aliphatic carbocycles. The van der Waals surface area contributed by atoms with Gasteiger partial charge in [-0.1, -0.05) is 41.7 Å². The quantitative estimate of drug-likeness (QED) is 0.481. The lowest BCUT2D eigenvalue weighted by Crippen LogP contribution is -2.07. The highest BCUT2D eigenvalue weighted by atomic mass is 35.6. The predicted molar refractivity (Wildman–Crippen MR) is 67.3 cm³/mol. The summed E-state index contributed by atoms with van der Waals surface area (Å²) in [5.74, 6) is 0. The van der Waals surface area contributed by atoms with Crippen LogP contribution in [0.25, 0.3) is 0 Å². The fraction of sp³-hybridized carbons (Fsp3) is 0.556. The number of hydrogen-bond donors (Lipinski definition) is 0. The number of hydrogen-bond acceptors (Lipinski definition) is 4. The van der Waals surface area contributed by atoms with E-state index in [0.29, 0.717) is 12.1 Å². The SMILES string of the molecule is CC[C@@H](N=C=O)c1nc(CC(Cl)(Cl)Cl)cs1. The molecule has 0 unspecified atom stereocenters. The first-order valence-electron chi connectivity index (χ1n) is 4.54. The molecule has 0 saturated carbocycles. The molecular formula is C9H9Cl3N2OS. The van der Waals surface area contributed by atoms with Gasteiger partial charge in [0.05, 0.1) is 5.69 Å². The van der Waals surface area contributed by atoms with Crippen molar-refractivity contribution in [1.82, 2.24) is 4.98 Å². The largest absolute Gasteiger partial charge is 0.244 e. The minimum atomic E-state index is -1.35. The van der Waals surface area contributed by atoms with E-state index >= 15 is 0 Å². The monoisotopic (exact) mass is 298 g/mol. The van der Waals surface area contributed by atoms with Crippen LogP contribution in [-0.2, 0) is 11.2 Å². The average Bonchev–Trinajstić information content (AvgIpc) is 2.59. The molecule has 0 aliphatic rings. The minimum absolute atomic E-state index is 0.244. The first-order chi connectivity index (χ1) is 7.46. The van der Waals surface area contributed by atoms with Gasteiger partial charge in [0.2, 0.25) is 6.08 Å². The van der Waals surface area contributed by atoms with E-state index in [1.54, 1.807) is 5.38 Å². The van der Waals surface area contributed by atoms with Crippen LogP contribution in [0.4, 0.5) is 0 Å². The Morgan fingerprint density at radius 2 is 2.31 bits per heavy atom. The molecule has 0 spiro atoms. The van der Waals surface area contributed by atoms with E-state index in [4.69, 9.17) is 34.8 Å². The molecule has 0 amide bonds. The number of aromatic nitrogens is 1. The average molecular weight is 300 g/mol. The Morgan fingerprint density at radius 1 is 1.62 bits per heavy atom. The molecule has 1 heterocycles. The number of nitrogens with zero attached hydrogens (tertiary/aromatic N) is 2. The molecule has 0 aromatic carbocycles. The van der Waals surface area contributed by atoms with Gasteiger partial charge in [-0.3, -0.25) is 0 Å². The van der Waals surface area contributed by atoms with Gasteiger partial charge in [-0.05, 0) is 6.42 Å². The Morgan fingerprint density at radius 3 is 2.81 bits per heavy atom. The molecule has 1 aromatic rings. The van der Waals surface area contributed by atoms with Crippen molar-refractivity contribution in [3.8, 4) is 0 Å². The van der Waals surface area contributed by atoms with Crippen LogP contribution in [0.1, 0.15) is 30.1 Å². The summed E-state index contributed by atoms with van der Waals surface area (Å²) < 4.78 is -1.35. The van der Waals surface area contributed by atoms with Crippen LogP contribution in [0.2, 0.25) is 0 Å². The fourth-order valence-electron chi connectivity index (χ4n) is 1.15. The maximum Gasteiger partial charge on any atom is 0.235 e. The van der Waals surface area contributed by atoms with Crippen molar-refractivity contribution in [2.75, 3.05) is 0 Å². The normalized spacial score (nSPS) is 13.2. The van der Waals surface area contributed by atoms with Gasteiger partial charge in [-0.2, -0.15) is 4.99 Å². The highest BCUT2D eigenvalue weighted by Crippen LogP contribution is 2.32. The fourth-order valence-corrected chi connectivity index (χ4v) is 2.50. The summed E-state index contributed by atoms with van der Waals surface area (Å²) in [4.78, 5) is 18.1. The van der Waals surface area contributed by atoms with Crippen LogP contribution < -0.4 is 0 Å². The molecule has 0 saturated heterocycles. The second-order valence-corrected chi connectivity index (χ2v) is 6.52. The van der Waals surface area contributed by atoms with E-state index in [1.807, 2.05) is 6.92 Å². The molecular weight excluding hydrogens is 291 g/mol. The van der Waals surface area contributed by atoms with E-state index in [-0.39, 0.29) is 12.5 Å². The van der Waals surface area contributed by atoms with Gasteiger partial charge in [0.15, 0.2) is 3.79 Å². The Balaban J connectivity index is 2.81. The lowest BCUT2D eigenvalue weighted by molar-refractivity contribution is 0.555. The maximum atomic E-state index is 10.2. The predicted octanol–water partition coefficient (Wildman–Crippen LogP) is 3.84. The van der Waals surface area contributed by atoms with Crippen molar-refractivity contribution < 1.29 is 4.79 Å². The molecule has 1 atom stereocenters. The van der Waals surface area contributed by atoms with Crippen molar-refractivity contribution in [2.45, 2.75) is 29.6 Å². The lowest BCUT2D eigenvalue weighted by atomic mass is 10.2. The molecule has 0 aliphatic heterocycles. The standard InChI is InChI=1S/C9H9Cl3N2OS/c1-2-7(13-5-15)8-14-6(4-16-8)3-9(10,11)12/h4,7H,2-3H2,1H3/t7-/m1/s1. The Kier molecular flexibility index (Phi) is 5.22. The highest BCUT2D eigenvalue weighted by Gasteiger charge is 2.22. The number of isocyanates is 1. The number of rotatable bonds is 4. The van der Waals surface area contributed by atoms with Gasteiger partial charge >= 0.3 is 0 Å². The van der Waals surface area contributed by atoms with E-state index in [9.17, 15) is 4.79 Å².